The zero-order valence-electron chi connectivity index (χ0n) is 13.9. The first kappa shape index (κ1) is 18.2. The molecule has 0 bridgehead atoms. The predicted molar refractivity (Wildman–Crippen MR) is 94.7 cm³/mol. The average Bonchev–Trinajstić information content (AvgIpc) is 2.60. The van der Waals surface area contributed by atoms with Crippen molar-refractivity contribution < 1.29 is 8.42 Å². The van der Waals surface area contributed by atoms with Crippen LogP contribution in [0.4, 0.5) is 0 Å². The van der Waals surface area contributed by atoms with Gasteiger partial charge < -0.3 is 0 Å². The molecular formula is C19H22N2O2S. The molecule has 0 N–H and O–H groups in total. The van der Waals surface area contributed by atoms with Gasteiger partial charge in [0, 0.05) is 19.5 Å². The summed E-state index contributed by atoms with van der Waals surface area (Å²) in [5, 5.41) is 8.84. The lowest BCUT2D eigenvalue weighted by atomic mass is 10.1. The van der Waals surface area contributed by atoms with E-state index in [-0.39, 0.29) is 24.4 Å². The first-order valence-electron chi connectivity index (χ1n) is 8.08. The van der Waals surface area contributed by atoms with E-state index in [1.165, 1.54) is 4.31 Å². The summed E-state index contributed by atoms with van der Waals surface area (Å²) in [6.45, 7) is 2.54. The zero-order chi connectivity index (χ0) is 17.4. The maximum Gasteiger partial charge on any atom is 0.243 e. The van der Waals surface area contributed by atoms with Crippen molar-refractivity contribution in [2.75, 3.05) is 6.54 Å². The number of hydrogen-bond donors (Lipinski definition) is 0. The van der Waals surface area contributed by atoms with Crippen molar-refractivity contribution >= 4 is 10.0 Å². The number of sulfonamides is 1. The molecule has 0 aliphatic carbocycles. The maximum absolute atomic E-state index is 12.9. The van der Waals surface area contributed by atoms with E-state index in [1.807, 2.05) is 48.5 Å². The van der Waals surface area contributed by atoms with Crippen LogP contribution in [0.1, 0.15) is 30.9 Å². The van der Waals surface area contributed by atoms with Crippen molar-refractivity contribution in [3.05, 3.63) is 65.7 Å². The summed E-state index contributed by atoms with van der Waals surface area (Å²) in [6.07, 6.45) is 2.12. The minimum Gasteiger partial charge on any atom is -0.207 e. The minimum atomic E-state index is -3.62. The first-order chi connectivity index (χ1) is 11.6. The molecule has 0 radical (unpaired) electrons. The largest absolute Gasteiger partial charge is 0.243 e. The van der Waals surface area contributed by atoms with Crippen molar-refractivity contribution in [1.82, 2.24) is 4.31 Å². The summed E-state index contributed by atoms with van der Waals surface area (Å²) >= 11 is 0. The molecule has 0 amide bonds. The highest BCUT2D eigenvalue weighted by molar-refractivity contribution is 7.89. The van der Waals surface area contributed by atoms with Gasteiger partial charge in [0.1, 0.15) is 0 Å². The van der Waals surface area contributed by atoms with Crippen molar-refractivity contribution in [3.8, 4) is 6.07 Å². The maximum atomic E-state index is 12.9. The lowest BCUT2D eigenvalue weighted by molar-refractivity contribution is 0.413. The predicted octanol–water partition coefficient (Wildman–Crippen LogP) is 3.74. The average molecular weight is 342 g/mol. The molecule has 0 unspecified atom stereocenters. The Morgan fingerprint density at radius 2 is 1.67 bits per heavy atom. The van der Waals surface area contributed by atoms with Gasteiger partial charge in [0.15, 0.2) is 0 Å². The standard InChI is InChI=1S/C19H22N2O2S/c1-2-7-17-10-12-19(13-11-17)24(22,23)21(15-6-14-20)16-18-8-4-3-5-9-18/h3-5,8-13H,2,6-7,15-16H2,1H3. The van der Waals surface area contributed by atoms with Gasteiger partial charge in [-0.3, -0.25) is 0 Å². The van der Waals surface area contributed by atoms with Crippen LogP contribution in [0.15, 0.2) is 59.5 Å². The van der Waals surface area contributed by atoms with E-state index in [2.05, 4.69) is 6.92 Å². The van der Waals surface area contributed by atoms with Crippen LogP contribution < -0.4 is 0 Å². The molecule has 4 nitrogen and oxygen atoms in total. The van der Waals surface area contributed by atoms with Gasteiger partial charge >= 0.3 is 0 Å². The Morgan fingerprint density at radius 1 is 1.00 bits per heavy atom. The molecule has 24 heavy (non-hydrogen) atoms. The van der Waals surface area contributed by atoms with Crippen LogP contribution in [-0.2, 0) is 23.0 Å². The lowest BCUT2D eigenvalue weighted by Gasteiger charge is -2.21. The molecule has 0 spiro atoms. The van der Waals surface area contributed by atoms with Gasteiger partial charge in [-0.25, -0.2) is 8.42 Å². The van der Waals surface area contributed by atoms with Crippen LogP contribution in [0.25, 0.3) is 0 Å². The Bertz CT molecular complexity index is 778. The SMILES string of the molecule is CCCc1ccc(S(=O)(=O)N(CCC#N)Cc2ccccc2)cc1. The molecule has 0 fully saturated rings. The third-order valence-corrected chi connectivity index (χ3v) is 5.63. The third kappa shape index (κ3) is 4.67. The minimum absolute atomic E-state index is 0.167. The lowest BCUT2D eigenvalue weighted by Crippen LogP contribution is -2.31. The molecule has 5 heteroatoms. The van der Waals surface area contributed by atoms with E-state index in [1.54, 1.807) is 12.1 Å². The van der Waals surface area contributed by atoms with Gasteiger partial charge in [0.2, 0.25) is 10.0 Å². The molecule has 126 valence electrons. The second-order valence-corrected chi connectivity index (χ2v) is 7.56. The Morgan fingerprint density at radius 3 is 2.25 bits per heavy atom. The fourth-order valence-corrected chi connectivity index (χ4v) is 3.94. The Kier molecular flexibility index (Phi) is 6.53. The van der Waals surface area contributed by atoms with Crippen LogP contribution in [-0.4, -0.2) is 19.3 Å². The Hall–Kier alpha value is -2.16. The molecule has 0 aliphatic rings. The van der Waals surface area contributed by atoms with Crippen LogP contribution in [0.2, 0.25) is 0 Å². The van der Waals surface area contributed by atoms with Crippen molar-refractivity contribution in [2.24, 2.45) is 0 Å². The van der Waals surface area contributed by atoms with Gasteiger partial charge in [-0.1, -0.05) is 55.8 Å². The highest BCUT2D eigenvalue weighted by Crippen LogP contribution is 2.20. The van der Waals surface area contributed by atoms with E-state index in [9.17, 15) is 8.42 Å². The number of nitriles is 1. The number of aryl methyl sites for hydroxylation is 1. The van der Waals surface area contributed by atoms with Gasteiger partial charge in [0.25, 0.3) is 0 Å². The summed E-state index contributed by atoms with van der Waals surface area (Å²) in [5.41, 5.74) is 2.03. The fourth-order valence-electron chi connectivity index (χ4n) is 2.51. The van der Waals surface area contributed by atoms with E-state index in [4.69, 9.17) is 5.26 Å². The third-order valence-electron chi connectivity index (χ3n) is 3.77. The molecule has 2 aromatic carbocycles. The smallest absolute Gasteiger partial charge is 0.207 e. The number of rotatable bonds is 8. The fraction of sp³-hybridized carbons (Fsp3) is 0.316. The van der Waals surface area contributed by atoms with Gasteiger partial charge in [-0.05, 0) is 29.7 Å². The van der Waals surface area contributed by atoms with Crippen LogP contribution >= 0.6 is 0 Å². The van der Waals surface area contributed by atoms with Crippen LogP contribution in [0.3, 0.4) is 0 Å². The molecule has 0 saturated carbocycles. The van der Waals surface area contributed by atoms with E-state index >= 15 is 0 Å². The van der Waals surface area contributed by atoms with Gasteiger partial charge in [-0.15, -0.1) is 0 Å². The number of nitrogens with zero attached hydrogens (tertiary/aromatic N) is 2. The second-order valence-electron chi connectivity index (χ2n) is 5.63. The second kappa shape index (κ2) is 8.62. The topological polar surface area (TPSA) is 61.2 Å². The normalized spacial score (nSPS) is 11.4. The van der Waals surface area contributed by atoms with E-state index < -0.39 is 10.0 Å². The quantitative estimate of drug-likeness (QED) is 0.734. The molecule has 0 aromatic heterocycles. The summed E-state index contributed by atoms with van der Waals surface area (Å²) in [5.74, 6) is 0. The Balaban J connectivity index is 2.27. The summed E-state index contributed by atoms with van der Waals surface area (Å²) in [7, 11) is -3.62. The van der Waals surface area contributed by atoms with Crippen LogP contribution in [0, 0.1) is 11.3 Å². The highest BCUT2D eigenvalue weighted by Gasteiger charge is 2.24. The Labute approximate surface area is 144 Å². The summed E-state index contributed by atoms with van der Waals surface area (Å²) in [4.78, 5) is 0.274. The molecule has 0 atom stereocenters. The molecular weight excluding hydrogens is 320 g/mol. The monoisotopic (exact) mass is 342 g/mol. The zero-order valence-corrected chi connectivity index (χ0v) is 14.7. The summed E-state index contributed by atoms with van der Waals surface area (Å²) in [6, 6.07) is 18.5. The van der Waals surface area contributed by atoms with Gasteiger partial charge in [0.05, 0.1) is 11.0 Å². The molecule has 0 heterocycles. The van der Waals surface area contributed by atoms with Crippen LogP contribution in [0.5, 0.6) is 0 Å². The first-order valence-corrected chi connectivity index (χ1v) is 9.52. The molecule has 2 aromatic rings. The van der Waals surface area contributed by atoms with E-state index in [0.29, 0.717) is 0 Å². The summed E-state index contributed by atoms with van der Waals surface area (Å²) < 4.78 is 27.2. The van der Waals surface area contributed by atoms with Crippen molar-refractivity contribution in [3.63, 3.8) is 0 Å². The molecule has 0 aliphatic heterocycles. The van der Waals surface area contributed by atoms with Gasteiger partial charge in [-0.2, -0.15) is 9.57 Å². The molecule has 2 rings (SSSR count). The molecule has 0 saturated heterocycles. The van der Waals surface area contributed by atoms with Crippen molar-refractivity contribution in [1.29, 1.82) is 5.26 Å². The van der Waals surface area contributed by atoms with Crippen molar-refractivity contribution in [2.45, 2.75) is 37.6 Å². The number of hydrogen-bond acceptors (Lipinski definition) is 3. The number of benzene rings is 2. The van der Waals surface area contributed by atoms with E-state index in [0.717, 1.165) is 24.0 Å². The highest BCUT2D eigenvalue weighted by atomic mass is 32.2.